The maximum Gasteiger partial charge on any atom is 0.237 e. The van der Waals surface area contributed by atoms with Crippen LogP contribution in [0, 0.1) is 0 Å². The molecule has 0 saturated carbocycles. The van der Waals surface area contributed by atoms with E-state index < -0.39 is 0 Å². The number of anilines is 1. The molecule has 7 heteroatoms. The van der Waals surface area contributed by atoms with Gasteiger partial charge in [-0.2, -0.15) is 0 Å². The first-order valence-corrected chi connectivity index (χ1v) is 7.32. The highest BCUT2D eigenvalue weighted by Gasteiger charge is 2.16. The fourth-order valence-electron chi connectivity index (χ4n) is 1.36. The maximum atomic E-state index is 12.0. The third-order valence-corrected chi connectivity index (χ3v) is 4.24. The van der Waals surface area contributed by atoms with Gasteiger partial charge in [0.1, 0.15) is 11.3 Å². The minimum absolute atomic E-state index is 0.0755. The molecule has 0 saturated heterocycles. The minimum atomic E-state index is -0.237. The molecule has 1 aromatic heterocycles. The molecule has 1 aromatic carbocycles. The van der Waals surface area contributed by atoms with Crippen LogP contribution in [0.2, 0.25) is 0 Å². The molecule has 1 heterocycles. The normalized spacial score (nSPS) is 11.9. The van der Waals surface area contributed by atoms with Crippen LogP contribution in [-0.4, -0.2) is 28.5 Å². The van der Waals surface area contributed by atoms with Crippen LogP contribution in [0.1, 0.15) is 6.92 Å². The SMILES string of the molecule is COc1cccc(NC(=O)[C@@H](C)Sc2nncs2)c1. The first kappa shape index (κ1) is 13.8. The zero-order chi connectivity index (χ0) is 13.7. The summed E-state index contributed by atoms with van der Waals surface area (Å²) >= 11 is 2.81. The third kappa shape index (κ3) is 3.93. The van der Waals surface area contributed by atoms with E-state index in [2.05, 4.69) is 15.5 Å². The second-order valence-electron chi connectivity index (χ2n) is 3.69. The van der Waals surface area contributed by atoms with Crippen LogP contribution in [-0.2, 0) is 4.79 Å². The summed E-state index contributed by atoms with van der Waals surface area (Å²) in [5.41, 5.74) is 2.36. The average Bonchev–Trinajstić information content (AvgIpc) is 2.91. The molecule has 1 amide bonds. The van der Waals surface area contributed by atoms with E-state index in [0.29, 0.717) is 11.4 Å². The molecule has 2 aromatic rings. The second-order valence-corrected chi connectivity index (χ2v) is 6.11. The molecule has 5 nitrogen and oxygen atoms in total. The first-order chi connectivity index (χ1) is 9.19. The highest BCUT2D eigenvalue weighted by molar-refractivity contribution is 8.02. The average molecular weight is 295 g/mol. The summed E-state index contributed by atoms with van der Waals surface area (Å²) in [5, 5.41) is 10.3. The number of benzene rings is 1. The molecule has 0 aliphatic heterocycles. The predicted octanol–water partition coefficient (Wildman–Crippen LogP) is 2.67. The molecule has 19 heavy (non-hydrogen) atoms. The number of nitrogens with one attached hydrogen (secondary N) is 1. The molecule has 2 rings (SSSR count). The van der Waals surface area contributed by atoms with E-state index in [4.69, 9.17) is 4.74 Å². The number of aromatic nitrogens is 2. The van der Waals surface area contributed by atoms with Crippen molar-refractivity contribution in [3.05, 3.63) is 29.8 Å². The number of carbonyl (C=O) groups is 1. The number of rotatable bonds is 5. The number of thioether (sulfide) groups is 1. The Morgan fingerprint density at radius 2 is 2.37 bits per heavy atom. The van der Waals surface area contributed by atoms with Crippen molar-refractivity contribution >= 4 is 34.7 Å². The fourth-order valence-corrected chi connectivity index (χ4v) is 2.99. The van der Waals surface area contributed by atoms with Crippen LogP contribution >= 0.6 is 23.1 Å². The van der Waals surface area contributed by atoms with Crippen LogP contribution in [0.25, 0.3) is 0 Å². The van der Waals surface area contributed by atoms with Crippen molar-refractivity contribution in [3.8, 4) is 5.75 Å². The lowest BCUT2D eigenvalue weighted by atomic mass is 10.3. The molecule has 0 fully saturated rings. The number of hydrogen-bond acceptors (Lipinski definition) is 6. The highest BCUT2D eigenvalue weighted by atomic mass is 32.2. The van der Waals surface area contributed by atoms with Gasteiger partial charge in [0.25, 0.3) is 0 Å². The Morgan fingerprint density at radius 1 is 1.53 bits per heavy atom. The molecule has 0 spiro atoms. The van der Waals surface area contributed by atoms with Crippen LogP contribution in [0.4, 0.5) is 5.69 Å². The molecule has 0 aliphatic rings. The molecule has 1 N–H and O–H groups in total. The van der Waals surface area contributed by atoms with Gasteiger partial charge in [-0.05, 0) is 19.1 Å². The van der Waals surface area contributed by atoms with E-state index >= 15 is 0 Å². The van der Waals surface area contributed by atoms with Gasteiger partial charge in [0.2, 0.25) is 5.91 Å². The number of ether oxygens (including phenoxy) is 1. The molecule has 0 aliphatic carbocycles. The summed E-state index contributed by atoms with van der Waals surface area (Å²) in [5.74, 6) is 0.635. The molecule has 0 bridgehead atoms. The monoisotopic (exact) mass is 295 g/mol. The van der Waals surface area contributed by atoms with Gasteiger partial charge >= 0.3 is 0 Å². The Hall–Kier alpha value is -1.60. The van der Waals surface area contributed by atoms with Gasteiger partial charge in [-0.15, -0.1) is 10.2 Å². The van der Waals surface area contributed by atoms with E-state index in [1.807, 2.05) is 25.1 Å². The Kier molecular flexibility index (Phi) is 4.75. The standard InChI is InChI=1S/C12H13N3O2S2/c1-8(19-12-15-13-7-18-12)11(16)14-9-4-3-5-10(6-9)17-2/h3-8H,1-2H3,(H,14,16)/t8-/m1/s1. The number of nitrogens with zero attached hydrogens (tertiary/aromatic N) is 2. The topological polar surface area (TPSA) is 64.1 Å². The first-order valence-electron chi connectivity index (χ1n) is 5.57. The minimum Gasteiger partial charge on any atom is -0.497 e. The number of amides is 1. The summed E-state index contributed by atoms with van der Waals surface area (Å²) in [7, 11) is 1.59. The summed E-state index contributed by atoms with van der Waals surface area (Å²) in [4.78, 5) is 12.0. The van der Waals surface area contributed by atoms with Crippen LogP contribution in [0.15, 0.2) is 34.1 Å². The molecule has 100 valence electrons. The summed E-state index contributed by atoms with van der Waals surface area (Å²) in [6.45, 7) is 1.83. The summed E-state index contributed by atoms with van der Waals surface area (Å²) in [6.07, 6.45) is 0. The van der Waals surface area contributed by atoms with Crippen LogP contribution in [0.3, 0.4) is 0 Å². The van der Waals surface area contributed by atoms with E-state index in [0.717, 1.165) is 4.34 Å². The zero-order valence-corrected chi connectivity index (χ0v) is 12.1. The molecular weight excluding hydrogens is 282 g/mol. The maximum absolute atomic E-state index is 12.0. The van der Waals surface area contributed by atoms with E-state index in [1.54, 1.807) is 18.7 Å². The number of methoxy groups -OCH3 is 1. The van der Waals surface area contributed by atoms with Gasteiger partial charge in [-0.25, -0.2) is 0 Å². The van der Waals surface area contributed by atoms with Crippen molar-refractivity contribution in [2.45, 2.75) is 16.5 Å². The van der Waals surface area contributed by atoms with Gasteiger partial charge in [0, 0.05) is 11.8 Å². The summed E-state index contributed by atoms with van der Waals surface area (Å²) in [6, 6.07) is 7.26. The second kappa shape index (κ2) is 6.53. The number of carbonyl (C=O) groups excluding carboxylic acids is 1. The lowest BCUT2D eigenvalue weighted by molar-refractivity contribution is -0.115. The van der Waals surface area contributed by atoms with E-state index in [9.17, 15) is 4.79 Å². The summed E-state index contributed by atoms with van der Waals surface area (Å²) < 4.78 is 5.89. The fraction of sp³-hybridized carbons (Fsp3) is 0.250. The Balaban J connectivity index is 1.96. The Labute approximate surface area is 119 Å². The van der Waals surface area contributed by atoms with Crippen molar-refractivity contribution in [3.63, 3.8) is 0 Å². The van der Waals surface area contributed by atoms with Crippen molar-refractivity contribution in [1.82, 2.24) is 10.2 Å². The highest BCUT2D eigenvalue weighted by Crippen LogP contribution is 2.25. The quantitative estimate of drug-likeness (QED) is 0.859. The van der Waals surface area contributed by atoms with Gasteiger partial charge < -0.3 is 10.1 Å². The van der Waals surface area contributed by atoms with E-state index in [-0.39, 0.29) is 11.2 Å². The molecule has 0 unspecified atom stereocenters. The zero-order valence-electron chi connectivity index (χ0n) is 10.5. The molecule has 0 radical (unpaired) electrons. The number of hydrogen-bond donors (Lipinski definition) is 1. The van der Waals surface area contributed by atoms with Crippen LogP contribution in [0.5, 0.6) is 5.75 Å². The van der Waals surface area contributed by atoms with Crippen molar-refractivity contribution in [1.29, 1.82) is 0 Å². The third-order valence-electron chi connectivity index (χ3n) is 2.32. The molecular formula is C12H13N3O2S2. The lowest BCUT2D eigenvalue weighted by Gasteiger charge is -2.11. The Morgan fingerprint density at radius 3 is 3.05 bits per heavy atom. The smallest absolute Gasteiger partial charge is 0.237 e. The van der Waals surface area contributed by atoms with Gasteiger partial charge in [-0.3, -0.25) is 4.79 Å². The van der Waals surface area contributed by atoms with Crippen molar-refractivity contribution in [2.24, 2.45) is 0 Å². The van der Waals surface area contributed by atoms with Gasteiger partial charge in [0.15, 0.2) is 4.34 Å². The van der Waals surface area contributed by atoms with Crippen molar-refractivity contribution in [2.75, 3.05) is 12.4 Å². The van der Waals surface area contributed by atoms with Crippen molar-refractivity contribution < 1.29 is 9.53 Å². The Bertz CT molecular complexity index is 546. The lowest BCUT2D eigenvalue weighted by Crippen LogP contribution is -2.22. The molecule has 1 atom stereocenters. The predicted molar refractivity (Wildman–Crippen MR) is 76.9 cm³/mol. The van der Waals surface area contributed by atoms with E-state index in [1.165, 1.54) is 23.1 Å². The van der Waals surface area contributed by atoms with Gasteiger partial charge in [0.05, 0.1) is 12.4 Å². The largest absolute Gasteiger partial charge is 0.497 e. The van der Waals surface area contributed by atoms with Gasteiger partial charge in [-0.1, -0.05) is 29.2 Å². The van der Waals surface area contributed by atoms with Crippen LogP contribution < -0.4 is 10.1 Å².